The summed E-state index contributed by atoms with van der Waals surface area (Å²) in [6, 6.07) is 50.4. The maximum absolute atomic E-state index is 3.85. The SMILES string of the molecule is [C-]1=c2ccccc2=c2ccc(=C(c3ccccc3)c3ccccc3)c(C3=C(c4ccc5ccccc5c4)C=CC3)c21.[Cl-].[Cl-].[Zr+3]. The second kappa shape index (κ2) is 13.5. The zero-order chi connectivity index (χ0) is 27.2. The predicted octanol–water partition coefficient (Wildman–Crippen LogP) is 2.27. The molecule has 8 rings (SSSR count). The molecule has 0 heterocycles. The molecule has 0 aromatic heterocycles. The smallest absolute Gasteiger partial charge is 1.00 e. The molecule has 0 bridgehead atoms. The molecule has 3 heteroatoms. The number of benzene rings is 6. The van der Waals surface area contributed by atoms with Crippen LogP contribution in [0.4, 0.5) is 0 Å². The normalized spacial score (nSPS) is 12.4. The van der Waals surface area contributed by atoms with Gasteiger partial charge in [-0.05, 0) is 56.3 Å². The Balaban J connectivity index is 0.00000128. The first kappa shape index (κ1) is 31.7. The second-order valence-electron chi connectivity index (χ2n) is 10.7. The van der Waals surface area contributed by atoms with Gasteiger partial charge < -0.3 is 24.8 Å². The van der Waals surface area contributed by atoms with Crippen molar-refractivity contribution in [3.05, 3.63) is 200 Å². The molecule has 0 spiro atoms. The van der Waals surface area contributed by atoms with Crippen molar-refractivity contribution in [1.82, 2.24) is 0 Å². The van der Waals surface area contributed by atoms with Crippen molar-refractivity contribution < 1.29 is 51.0 Å². The summed E-state index contributed by atoms with van der Waals surface area (Å²) in [5.41, 5.74) is 10.1. The summed E-state index contributed by atoms with van der Waals surface area (Å²) in [7, 11) is 0. The van der Waals surface area contributed by atoms with Gasteiger partial charge in [-0.25, -0.2) is 0 Å². The van der Waals surface area contributed by atoms with Crippen LogP contribution in [0.2, 0.25) is 0 Å². The van der Waals surface area contributed by atoms with Crippen LogP contribution < -0.4 is 35.3 Å². The Kier molecular flexibility index (Phi) is 9.72. The molecule has 6 aromatic rings. The van der Waals surface area contributed by atoms with E-state index in [1.54, 1.807) is 0 Å². The molecule has 0 aliphatic heterocycles. The van der Waals surface area contributed by atoms with Crippen LogP contribution in [0.5, 0.6) is 0 Å². The summed E-state index contributed by atoms with van der Waals surface area (Å²) < 4.78 is 0. The van der Waals surface area contributed by atoms with Crippen LogP contribution in [0, 0.1) is 10.4 Å². The molecule has 0 nitrogen and oxygen atoms in total. The van der Waals surface area contributed by atoms with Gasteiger partial charge in [0.2, 0.25) is 0 Å². The van der Waals surface area contributed by atoms with Crippen molar-refractivity contribution in [2.24, 2.45) is 0 Å². The minimum atomic E-state index is 0. The van der Waals surface area contributed by atoms with E-state index in [1.165, 1.54) is 76.2 Å². The quantitative estimate of drug-likeness (QED) is 0.251. The van der Waals surface area contributed by atoms with Gasteiger partial charge in [0.25, 0.3) is 0 Å². The molecule has 0 amide bonds. The van der Waals surface area contributed by atoms with Gasteiger partial charge in [0.05, 0.1) is 0 Å². The Morgan fingerprint density at radius 3 is 1.93 bits per heavy atom. The van der Waals surface area contributed by atoms with Crippen LogP contribution in [0.3, 0.4) is 0 Å². The van der Waals surface area contributed by atoms with E-state index < -0.39 is 0 Å². The van der Waals surface area contributed by atoms with E-state index >= 15 is 0 Å². The third-order valence-electron chi connectivity index (χ3n) is 8.37. The maximum Gasteiger partial charge on any atom is 3.00 e. The summed E-state index contributed by atoms with van der Waals surface area (Å²) in [5, 5.41) is 7.47. The maximum atomic E-state index is 3.85. The number of rotatable bonds is 4. The summed E-state index contributed by atoms with van der Waals surface area (Å²) in [5.74, 6) is 0. The third-order valence-corrected chi connectivity index (χ3v) is 8.37. The largest absolute Gasteiger partial charge is 3.00 e. The molecule has 0 unspecified atom stereocenters. The van der Waals surface area contributed by atoms with Gasteiger partial charge in [0.15, 0.2) is 0 Å². The summed E-state index contributed by atoms with van der Waals surface area (Å²) in [6.45, 7) is 0. The number of hydrogen-bond acceptors (Lipinski definition) is 0. The van der Waals surface area contributed by atoms with Crippen molar-refractivity contribution in [3.8, 4) is 0 Å². The van der Waals surface area contributed by atoms with Crippen molar-refractivity contribution in [2.75, 3.05) is 0 Å². The molecule has 0 atom stereocenters. The average Bonchev–Trinajstić information content (AvgIpc) is 3.67. The summed E-state index contributed by atoms with van der Waals surface area (Å²) in [4.78, 5) is 0. The van der Waals surface area contributed by atoms with E-state index in [0.717, 1.165) is 6.42 Å². The monoisotopic (exact) mass is 679 g/mol. The van der Waals surface area contributed by atoms with Gasteiger partial charge in [-0.2, -0.15) is 0 Å². The molecular weight excluding hydrogens is 655 g/mol. The molecule has 1 radical (unpaired) electrons. The van der Waals surface area contributed by atoms with Crippen molar-refractivity contribution in [3.63, 3.8) is 0 Å². The standard InChI is InChI=1S/C41H27.2ClH.Zr/c1-3-13-29(14-4-1)40(30-15-5-2-6-16-30)38-25-24-36-34-19-10-9-18-32(34)27-39(36)41(38)37-21-11-20-35(37)33-23-22-28-12-7-8-17-31(28)26-33;;;/h1-20,22-26H,21H2;2*1H;/q-1;;;+3/p-2. The van der Waals surface area contributed by atoms with Gasteiger partial charge in [0.1, 0.15) is 0 Å². The minimum absolute atomic E-state index is 0. The number of fused-ring (bicyclic) bond motifs is 3. The zero-order valence-corrected chi connectivity index (χ0v) is 27.9. The molecular formula is C41H27Cl2Zr. The topological polar surface area (TPSA) is 0 Å². The first-order valence-electron chi connectivity index (χ1n) is 14.3. The van der Waals surface area contributed by atoms with Crippen LogP contribution in [0.15, 0.2) is 152 Å². The Hall–Kier alpha value is -3.74. The van der Waals surface area contributed by atoms with Crippen molar-refractivity contribution in [2.45, 2.75) is 6.42 Å². The summed E-state index contributed by atoms with van der Waals surface area (Å²) in [6.07, 6.45) is 9.37. The molecule has 0 saturated carbocycles. The third kappa shape index (κ3) is 5.50. The van der Waals surface area contributed by atoms with Crippen LogP contribution >= 0.6 is 0 Å². The van der Waals surface area contributed by atoms with Crippen molar-refractivity contribution in [1.29, 1.82) is 0 Å². The zero-order valence-electron chi connectivity index (χ0n) is 23.9. The Labute approximate surface area is 289 Å². The van der Waals surface area contributed by atoms with Gasteiger partial charge >= 0.3 is 26.2 Å². The first-order chi connectivity index (χ1) is 20.3. The van der Waals surface area contributed by atoms with Crippen LogP contribution in [-0.4, -0.2) is 0 Å². The predicted molar refractivity (Wildman–Crippen MR) is 171 cm³/mol. The van der Waals surface area contributed by atoms with Gasteiger partial charge in [-0.3, -0.25) is 0 Å². The van der Waals surface area contributed by atoms with Crippen LogP contribution in [0.25, 0.3) is 33.6 Å². The fraction of sp³-hybridized carbons (Fsp3) is 0.0244. The van der Waals surface area contributed by atoms with E-state index in [-0.39, 0.29) is 51.0 Å². The fourth-order valence-corrected chi connectivity index (χ4v) is 6.50. The molecule has 44 heavy (non-hydrogen) atoms. The molecule has 0 N–H and O–H groups in total. The molecule has 0 saturated heterocycles. The van der Waals surface area contributed by atoms with Gasteiger partial charge in [-0.1, -0.05) is 151 Å². The first-order valence-corrected chi connectivity index (χ1v) is 14.3. The molecule has 2 aliphatic carbocycles. The van der Waals surface area contributed by atoms with E-state index in [1.807, 2.05) is 0 Å². The Morgan fingerprint density at radius 2 is 1.20 bits per heavy atom. The van der Waals surface area contributed by atoms with E-state index in [2.05, 4.69) is 158 Å². The number of halogens is 2. The molecule has 2 aliphatic rings. The fourth-order valence-electron chi connectivity index (χ4n) is 6.50. The van der Waals surface area contributed by atoms with Crippen molar-refractivity contribution >= 4 is 33.6 Å². The van der Waals surface area contributed by atoms with Gasteiger partial charge in [-0.15, -0.1) is 33.4 Å². The minimum Gasteiger partial charge on any atom is -1.00 e. The van der Waals surface area contributed by atoms with Crippen LogP contribution in [0.1, 0.15) is 34.2 Å². The van der Waals surface area contributed by atoms with E-state index in [4.69, 9.17) is 0 Å². The number of allylic oxidation sites excluding steroid dienone is 4. The van der Waals surface area contributed by atoms with E-state index in [9.17, 15) is 0 Å². The Bertz CT molecular complexity index is 2230. The van der Waals surface area contributed by atoms with Crippen LogP contribution in [-0.2, 0) is 26.2 Å². The average molecular weight is 682 g/mol. The van der Waals surface area contributed by atoms with E-state index in [0.29, 0.717) is 0 Å². The Morgan fingerprint density at radius 1 is 0.568 bits per heavy atom. The number of hydrogen-bond donors (Lipinski definition) is 0. The molecule has 6 aromatic carbocycles. The van der Waals surface area contributed by atoms with Gasteiger partial charge in [0, 0.05) is 0 Å². The summed E-state index contributed by atoms with van der Waals surface area (Å²) >= 11 is 0. The second-order valence-corrected chi connectivity index (χ2v) is 10.7. The molecule has 0 fully saturated rings. The molecule has 209 valence electrons.